The molecule has 0 atom stereocenters. The van der Waals surface area contributed by atoms with Crippen molar-refractivity contribution in [2.75, 3.05) is 0 Å². The smallest absolute Gasteiger partial charge is 0.243 e. The van der Waals surface area contributed by atoms with Gasteiger partial charge in [-0.25, -0.2) is 4.79 Å². The van der Waals surface area contributed by atoms with E-state index in [4.69, 9.17) is 0 Å². The summed E-state index contributed by atoms with van der Waals surface area (Å²) >= 11 is 3.33. The Balaban J connectivity index is 2.11. The van der Waals surface area contributed by atoms with Gasteiger partial charge in [0.1, 0.15) is 0 Å². The third kappa shape index (κ3) is 3.25. The van der Waals surface area contributed by atoms with E-state index >= 15 is 0 Å². The molecule has 0 aliphatic carbocycles. The van der Waals surface area contributed by atoms with E-state index in [0.717, 1.165) is 29.6 Å². The van der Waals surface area contributed by atoms with Gasteiger partial charge in [0.15, 0.2) is 4.60 Å². The summed E-state index contributed by atoms with van der Waals surface area (Å²) in [4.78, 5) is 12.1. The van der Waals surface area contributed by atoms with Crippen molar-refractivity contribution in [3.63, 3.8) is 0 Å². The van der Waals surface area contributed by atoms with Crippen molar-refractivity contribution in [1.29, 1.82) is 0 Å². The Morgan fingerprint density at radius 1 is 1.32 bits per heavy atom. The topological polar surface area (TPSA) is 78.5 Å². The highest BCUT2D eigenvalue weighted by Crippen LogP contribution is 2.16. The van der Waals surface area contributed by atoms with E-state index in [2.05, 4.69) is 43.5 Å². The molecular weight excluding hydrogens is 312 g/mol. The van der Waals surface area contributed by atoms with Gasteiger partial charge in [0.05, 0.1) is 18.1 Å². The Bertz CT molecular complexity index is 535. The number of nitrogens with zero attached hydrogens (tertiary/aromatic N) is 6. The highest BCUT2D eigenvalue weighted by atomic mass is 79.9. The summed E-state index contributed by atoms with van der Waals surface area (Å²) in [5.41, 5.74) is 0.775. The molecule has 8 heteroatoms. The van der Waals surface area contributed by atoms with Gasteiger partial charge in [0, 0.05) is 0 Å². The summed E-state index contributed by atoms with van der Waals surface area (Å²) in [7, 11) is 0. The third-order valence-corrected chi connectivity index (χ3v) is 3.40. The number of unbranched alkanes of at least 4 members (excludes halogenated alkanes) is 3. The molecule has 2 heterocycles. The van der Waals surface area contributed by atoms with Gasteiger partial charge in [-0.05, 0) is 28.8 Å². The highest BCUT2D eigenvalue weighted by molar-refractivity contribution is 9.10. The summed E-state index contributed by atoms with van der Waals surface area (Å²) < 4.78 is 3.01. The summed E-state index contributed by atoms with van der Waals surface area (Å²) in [6, 6.07) is -0.374. The molecule has 2 rings (SSSR count). The zero-order valence-electron chi connectivity index (χ0n) is 10.7. The first-order chi connectivity index (χ1) is 9.24. The van der Waals surface area contributed by atoms with Gasteiger partial charge in [-0.1, -0.05) is 36.6 Å². The van der Waals surface area contributed by atoms with Crippen LogP contribution in [0.25, 0.3) is 0 Å². The molecule has 0 bridgehead atoms. The molecule has 19 heavy (non-hydrogen) atoms. The molecule has 0 saturated carbocycles. The zero-order chi connectivity index (χ0) is 13.7. The van der Waals surface area contributed by atoms with Crippen molar-refractivity contribution in [3.8, 4) is 0 Å². The summed E-state index contributed by atoms with van der Waals surface area (Å²) in [5.74, 6) is 0. The lowest BCUT2D eigenvalue weighted by atomic mass is 10.1. The molecule has 102 valence electrons. The molecule has 0 spiro atoms. The van der Waals surface area contributed by atoms with Crippen LogP contribution in [0.2, 0.25) is 0 Å². The lowest BCUT2D eigenvalue weighted by Gasteiger charge is -2.04. The molecule has 0 unspecified atom stereocenters. The van der Waals surface area contributed by atoms with Crippen LogP contribution < -0.4 is 0 Å². The average Bonchev–Trinajstić information content (AvgIpc) is 3.04. The molecule has 0 saturated heterocycles. The van der Waals surface area contributed by atoms with E-state index < -0.39 is 0 Å². The van der Waals surface area contributed by atoms with Crippen molar-refractivity contribution in [2.45, 2.75) is 39.0 Å². The molecule has 0 aliphatic heterocycles. The van der Waals surface area contributed by atoms with E-state index in [0.29, 0.717) is 4.60 Å². The predicted octanol–water partition coefficient (Wildman–Crippen LogP) is 2.27. The molecule has 2 aromatic rings. The van der Waals surface area contributed by atoms with Crippen LogP contribution in [0.3, 0.4) is 0 Å². The van der Waals surface area contributed by atoms with Gasteiger partial charge in [0.2, 0.25) is 0 Å². The lowest BCUT2D eigenvalue weighted by Crippen LogP contribution is -2.23. The number of hydrogen-bond acceptors (Lipinski definition) is 5. The van der Waals surface area contributed by atoms with Crippen LogP contribution in [0.4, 0.5) is 4.79 Å². The van der Waals surface area contributed by atoms with E-state index in [1.807, 2.05) is 0 Å². The van der Waals surface area contributed by atoms with Crippen LogP contribution in [0, 0.1) is 0 Å². The fourth-order valence-electron chi connectivity index (χ4n) is 1.77. The van der Waals surface area contributed by atoms with E-state index in [9.17, 15) is 4.79 Å². The van der Waals surface area contributed by atoms with Gasteiger partial charge in [-0.3, -0.25) is 0 Å². The van der Waals surface area contributed by atoms with E-state index in [1.54, 1.807) is 0 Å². The Kier molecular flexibility index (Phi) is 4.78. The van der Waals surface area contributed by atoms with Gasteiger partial charge in [-0.2, -0.15) is 9.36 Å². The van der Waals surface area contributed by atoms with Crippen LogP contribution in [0.1, 0.15) is 38.3 Å². The van der Waals surface area contributed by atoms with Crippen molar-refractivity contribution in [3.05, 3.63) is 22.7 Å². The van der Waals surface area contributed by atoms with Crippen LogP contribution in [0.15, 0.2) is 17.0 Å². The fourth-order valence-corrected chi connectivity index (χ4v) is 2.21. The first-order valence-electron chi connectivity index (χ1n) is 6.25. The second-order valence-electron chi connectivity index (χ2n) is 4.18. The van der Waals surface area contributed by atoms with Crippen molar-refractivity contribution in [2.24, 2.45) is 0 Å². The van der Waals surface area contributed by atoms with Gasteiger partial charge >= 0.3 is 6.03 Å². The maximum atomic E-state index is 12.1. The highest BCUT2D eigenvalue weighted by Gasteiger charge is 2.18. The number of hydrogen-bond donors (Lipinski definition) is 0. The maximum absolute atomic E-state index is 12.1. The van der Waals surface area contributed by atoms with E-state index in [1.165, 1.54) is 29.9 Å². The minimum absolute atomic E-state index is 0.374. The first kappa shape index (κ1) is 13.9. The number of halogens is 1. The number of carbonyl (C=O) groups is 1. The first-order valence-corrected chi connectivity index (χ1v) is 7.04. The minimum atomic E-state index is -0.374. The normalized spacial score (nSPS) is 10.8. The Hall–Kier alpha value is -1.57. The third-order valence-electron chi connectivity index (χ3n) is 2.78. The Morgan fingerprint density at radius 3 is 2.84 bits per heavy atom. The summed E-state index contributed by atoms with van der Waals surface area (Å²) in [6.07, 6.45) is 8.19. The number of aromatic nitrogens is 6. The largest absolute Gasteiger partial charge is 0.372 e. The maximum Gasteiger partial charge on any atom is 0.372 e. The van der Waals surface area contributed by atoms with Gasteiger partial charge < -0.3 is 0 Å². The Morgan fingerprint density at radius 2 is 2.16 bits per heavy atom. The molecule has 0 aromatic carbocycles. The quantitative estimate of drug-likeness (QED) is 0.787. The van der Waals surface area contributed by atoms with Gasteiger partial charge in [-0.15, -0.1) is 10.2 Å². The zero-order valence-corrected chi connectivity index (χ0v) is 12.2. The van der Waals surface area contributed by atoms with Crippen LogP contribution in [-0.4, -0.2) is 36.0 Å². The van der Waals surface area contributed by atoms with Crippen molar-refractivity contribution >= 4 is 22.0 Å². The molecule has 0 aliphatic rings. The second-order valence-corrected chi connectivity index (χ2v) is 4.93. The van der Waals surface area contributed by atoms with Crippen molar-refractivity contribution in [1.82, 2.24) is 30.0 Å². The molecule has 0 fully saturated rings. The van der Waals surface area contributed by atoms with Crippen LogP contribution in [-0.2, 0) is 6.42 Å². The lowest BCUT2D eigenvalue weighted by molar-refractivity contribution is 0.236. The number of carbonyl (C=O) groups excluding carboxylic acids is 1. The molecule has 0 N–H and O–H groups in total. The monoisotopic (exact) mass is 326 g/mol. The molecule has 2 aromatic heterocycles. The van der Waals surface area contributed by atoms with Gasteiger partial charge in [0.25, 0.3) is 0 Å². The standard InChI is InChI=1S/C11H15BrN6O/c1-2-3-4-5-6-9-10(12)14-16-18(9)11(19)17-8-7-13-15-17/h7-8H,2-6H2,1H3. The summed E-state index contributed by atoms with van der Waals surface area (Å²) in [5, 5.41) is 15.0. The second kappa shape index (κ2) is 6.55. The predicted molar refractivity (Wildman–Crippen MR) is 71.8 cm³/mol. The average molecular weight is 327 g/mol. The van der Waals surface area contributed by atoms with Crippen LogP contribution in [0.5, 0.6) is 0 Å². The van der Waals surface area contributed by atoms with Crippen molar-refractivity contribution < 1.29 is 4.79 Å². The Labute approximate surface area is 119 Å². The van der Waals surface area contributed by atoms with E-state index in [-0.39, 0.29) is 6.03 Å². The van der Waals surface area contributed by atoms with Crippen LogP contribution >= 0.6 is 15.9 Å². The SMILES string of the molecule is CCCCCCc1c(Br)nnn1C(=O)n1ccnn1. The minimum Gasteiger partial charge on any atom is -0.243 e. The molecule has 7 nitrogen and oxygen atoms in total. The molecule has 0 radical (unpaired) electrons. The molecule has 0 amide bonds. The molecular formula is C11H15BrN6O. The summed E-state index contributed by atoms with van der Waals surface area (Å²) in [6.45, 7) is 2.16. The fraction of sp³-hybridized carbons (Fsp3) is 0.545. The number of rotatable bonds is 5.